The standard InChI is InChI=1S/C10H11N5/c1-6-3-9(15-7(2)14-6)8-4-12-10(11)13-5-8/h3-5H,1-2H3,(H2,11,12,13). The van der Waals surface area contributed by atoms with E-state index in [1.54, 1.807) is 12.4 Å². The predicted molar refractivity (Wildman–Crippen MR) is 56.9 cm³/mol. The third-order valence-corrected chi connectivity index (χ3v) is 1.93. The van der Waals surface area contributed by atoms with E-state index in [0.29, 0.717) is 0 Å². The number of hydrogen-bond acceptors (Lipinski definition) is 5. The minimum Gasteiger partial charge on any atom is -0.368 e. The zero-order chi connectivity index (χ0) is 10.8. The van der Waals surface area contributed by atoms with Crippen LogP contribution >= 0.6 is 0 Å². The van der Waals surface area contributed by atoms with Crippen LogP contribution < -0.4 is 5.73 Å². The van der Waals surface area contributed by atoms with Gasteiger partial charge in [-0.25, -0.2) is 19.9 Å². The normalized spacial score (nSPS) is 10.3. The van der Waals surface area contributed by atoms with Crippen LogP contribution in [-0.2, 0) is 0 Å². The molecule has 0 aromatic carbocycles. The number of rotatable bonds is 1. The van der Waals surface area contributed by atoms with Crippen molar-refractivity contribution >= 4 is 5.95 Å². The number of nitrogens with two attached hydrogens (primary N) is 1. The molecule has 0 aliphatic rings. The molecule has 5 heteroatoms. The second kappa shape index (κ2) is 3.61. The lowest BCUT2D eigenvalue weighted by atomic mass is 10.2. The van der Waals surface area contributed by atoms with Gasteiger partial charge < -0.3 is 5.73 Å². The molecule has 0 atom stereocenters. The lowest BCUT2D eigenvalue weighted by Crippen LogP contribution is -1.97. The van der Waals surface area contributed by atoms with E-state index in [-0.39, 0.29) is 5.95 Å². The average Bonchev–Trinajstić information content (AvgIpc) is 2.17. The van der Waals surface area contributed by atoms with E-state index in [1.807, 2.05) is 19.9 Å². The number of nitrogen functional groups attached to an aromatic ring is 1. The molecule has 2 rings (SSSR count). The minimum absolute atomic E-state index is 0.265. The molecule has 0 amide bonds. The minimum atomic E-state index is 0.265. The molecule has 0 spiro atoms. The van der Waals surface area contributed by atoms with Crippen molar-refractivity contribution in [2.45, 2.75) is 13.8 Å². The van der Waals surface area contributed by atoms with E-state index < -0.39 is 0 Å². The topological polar surface area (TPSA) is 77.6 Å². The smallest absolute Gasteiger partial charge is 0.219 e. The van der Waals surface area contributed by atoms with Gasteiger partial charge in [0.05, 0.1) is 5.69 Å². The van der Waals surface area contributed by atoms with Crippen LogP contribution in [0.3, 0.4) is 0 Å². The highest BCUT2D eigenvalue weighted by Crippen LogP contribution is 2.15. The summed E-state index contributed by atoms with van der Waals surface area (Å²) in [6.45, 7) is 3.78. The van der Waals surface area contributed by atoms with Crippen LogP contribution in [0.2, 0.25) is 0 Å². The van der Waals surface area contributed by atoms with E-state index >= 15 is 0 Å². The molecule has 2 heterocycles. The van der Waals surface area contributed by atoms with Crippen molar-refractivity contribution < 1.29 is 0 Å². The first-order valence-corrected chi connectivity index (χ1v) is 4.55. The maximum absolute atomic E-state index is 5.41. The summed E-state index contributed by atoms with van der Waals surface area (Å²) < 4.78 is 0. The van der Waals surface area contributed by atoms with Gasteiger partial charge in [-0.15, -0.1) is 0 Å². The maximum atomic E-state index is 5.41. The Morgan fingerprint density at radius 2 is 1.73 bits per heavy atom. The molecule has 0 fully saturated rings. The van der Waals surface area contributed by atoms with Crippen molar-refractivity contribution in [2.75, 3.05) is 5.73 Å². The van der Waals surface area contributed by atoms with Gasteiger partial charge in [-0.05, 0) is 19.9 Å². The van der Waals surface area contributed by atoms with Gasteiger partial charge in [-0.1, -0.05) is 0 Å². The Bertz CT molecular complexity index is 457. The van der Waals surface area contributed by atoms with Gasteiger partial charge in [-0.3, -0.25) is 0 Å². The number of aromatic nitrogens is 4. The Labute approximate surface area is 87.4 Å². The summed E-state index contributed by atoms with van der Waals surface area (Å²) in [4.78, 5) is 16.3. The van der Waals surface area contributed by atoms with Crippen LogP contribution in [0, 0.1) is 13.8 Å². The van der Waals surface area contributed by atoms with Crippen molar-refractivity contribution in [1.29, 1.82) is 0 Å². The molecule has 0 unspecified atom stereocenters. The molecule has 76 valence electrons. The molecule has 2 aromatic heterocycles. The quantitative estimate of drug-likeness (QED) is 0.748. The average molecular weight is 201 g/mol. The summed E-state index contributed by atoms with van der Waals surface area (Å²) in [7, 11) is 0. The molecule has 5 nitrogen and oxygen atoms in total. The Balaban J connectivity index is 2.49. The lowest BCUT2D eigenvalue weighted by molar-refractivity contribution is 1.01. The fourth-order valence-corrected chi connectivity index (χ4v) is 1.34. The first-order chi connectivity index (χ1) is 7.15. The van der Waals surface area contributed by atoms with Crippen molar-refractivity contribution in [3.05, 3.63) is 30.0 Å². The van der Waals surface area contributed by atoms with Crippen LogP contribution in [0.25, 0.3) is 11.3 Å². The zero-order valence-corrected chi connectivity index (χ0v) is 8.60. The number of aryl methyl sites for hydroxylation is 2. The SMILES string of the molecule is Cc1cc(-c2cnc(N)nc2)nc(C)n1. The van der Waals surface area contributed by atoms with Crippen LogP contribution in [-0.4, -0.2) is 19.9 Å². The Kier molecular flexibility index (Phi) is 2.29. The van der Waals surface area contributed by atoms with Gasteiger partial charge in [0.15, 0.2) is 0 Å². The molecule has 0 saturated carbocycles. The maximum Gasteiger partial charge on any atom is 0.219 e. The van der Waals surface area contributed by atoms with E-state index in [1.165, 1.54) is 0 Å². The Morgan fingerprint density at radius 1 is 1.07 bits per heavy atom. The first kappa shape index (κ1) is 9.51. The molecule has 0 aliphatic heterocycles. The number of hydrogen-bond donors (Lipinski definition) is 1. The van der Waals surface area contributed by atoms with Crippen LogP contribution in [0.5, 0.6) is 0 Å². The second-order valence-electron chi connectivity index (χ2n) is 3.27. The predicted octanol–water partition coefficient (Wildman–Crippen LogP) is 1.13. The van der Waals surface area contributed by atoms with E-state index in [2.05, 4.69) is 19.9 Å². The van der Waals surface area contributed by atoms with Crippen molar-refractivity contribution in [2.24, 2.45) is 0 Å². The molecule has 0 radical (unpaired) electrons. The van der Waals surface area contributed by atoms with Crippen molar-refractivity contribution in [1.82, 2.24) is 19.9 Å². The highest BCUT2D eigenvalue weighted by Gasteiger charge is 2.02. The van der Waals surface area contributed by atoms with Crippen LogP contribution in [0.4, 0.5) is 5.95 Å². The van der Waals surface area contributed by atoms with E-state index in [9.17, 15) is 0 Å². The molecule has 0 aliphatic carbocycles. The fraction of sp³-hybridized carbons (Fsp3) is 0.200. The molecule has 0 saturated heterocycles. The molecular formula is C10H11N5. The van der Waals surface area contributed by atoms with Crippen LogP contribution in [0.1, 0.15) is 11.5 Å². The molecule has 0 bridgehead atoms. The first-order valence-electron chi connectivity index (χ1n) is 4.55. The number of anilines is 1. The van der Waals surface area contributed by atoms with Crippen molar-refractivity contribution in [3.8, 4) is 11.3 Å². The van der Waals surface area contributed by atoms with Gasteiger partial charge >= 0.3 is 0 Å². The fourth-order valence-electron chi connectivity index (χ4n) is 1.34. The summed E-state index contributed by atoms with van der Waals surface area (Å²) in [6.07, 6.45) is 3.31. The van der Waals surface area contributed by atoms with Gasteiger partial charge in [-0.2, -0.15) is 0 Å². The lowest BCUT2D eigenvalue weighted by Gasteiger charge is -2.02. The van der Waals surface area contributed by atoms with Gasteiger partial charge in [0, 0.05) is 23.7 Å². The van der Waals surface area contributed by atoms with E-state index in [0.717, 1.165) is 22.8 Å². The summed E-state index contributed by atoms with van der Waals surface area (Å²) >= 11 is 0. The Hall–Kier alpha value is -2.04. The monoisotopic (exact) mass is 201 g/mol. The summed E-state index contributed by atoms with van der Waals surface area (Å²) in [5.41, 5.74) is 8.00. The summed E-state index contributed by atoms with van der Waals surface area (Å²) in [5, 5.41) is 0. The molecule has 2 N–H and O–H groups in total. The molecule has 2 aromatic rings. The zero-order valence-electron chi connectivity index (χ0n) is 8.60. The third kappa shape index (κ3) is 2.07. The Morgan fingerprint density at radius 3 is 2.33 bits per heavy atom. The summed E-state index contributed by atoms with van der Waals surface area (Å²) in [5.74, 6) is 1.00. The van der Waals surface area contributed by atoms with Gasteiger partial charge in [0.1, 0.15) is 5.82 Å². The summed E-state index contributed by atoms with van der Waals surface area (Å²) in [6, 6.07) is 1.89. The van der Waals surface area contributed by atoms with Crippen LogP contribution in [0.15, 0.2) is 18.5 Å². The third-order valence-electron chi connectivity index (χ3n) is 1.93. The van der Waals surface area contributed by atoms with Gasteiger partial charge in [0.2, 0.25) is 5.95 Å². The molecule has 15 heavy (non-hydrogen) atoms. The highest BCUT2D eigenvalue weighted by atomic mass is 15.0. The largest absolute Gasteiger partial charge is 0.368 e. The van der Waals surface area contributed by atoms with Gasteiger partial charge in [0.25, 0.3) is 0 Å². The van der Waals surface area contributed by atoms with E-state index in [4.69, 9.17) is 5.73 Å². The molecular weight excluding hydrogens is 190 g/mol. The van der Waals surface area contributed by atoms with Crippen molar-refractivity contribution in [3.63, 3.8) is 0 Å². The number of nitrogens with zero attached hydrogens (tertiary/aromatic N) is 4. The second-order valence-corrected chi connectivity index (χ2v) is 3.27. The highest BCUT2D eigenvalue weighted by molar-refractivity contribution is 5.57.